The largest absolute Gasteiger partial charge is 0.298 e. The fourth-order valence-corrected chi connectivity index (χ4v) is 2.44. The van der Waals surface area contributed by atoms with E-state index in [0.717, 1.165) is 12.8 Å². The van der Waals surface area contributed by atoms with Gasteiger partial charge in [-0.15, -0.1) is 0 Å². The van der Waals surface area contributed by atoms with Crippen LogP contribution in [0.2, 0.25) is 0 Å². The molecule has 0 spiro atoms. The second-order valence-corrected chi connectivity index (χ2v) is 7.13. The number of H-pyrrole nitrogens is 1. The predicted molar refractivity (Wildman–Crippen MR) is 61.1 cm³/mol. The topological polar surface area (TPSA) is 71.9 Å². The molecule has 0 aromatic carbocycles. The van der Waals surface area contributed by atoms with Gasteiger partial charge in [0.25, 0.3) is 5.56 Å². The number of hydrogen-bond acceptors (Lipinski definition) is 3. The second-order valence-electron chi connectivity index (χ2n) is 4.58. The molecule has 16 heavy (non-hydrogen) atoms. The summed E-state index contributed by atoms with van der Waals surface area (Å²) in [7, 11) is -3.14. The first-order valence-electron chi connectivity index (χ1n) is 5.42. The van der Waals surface area contributed by atoms with Crippen LogP contribution in [0.15, 0.2) is 10.9 Å². The first-order valence-corrected chi connectivity index (χ1v) is 7.13. The minimum atomic E-state index is -3.14. The molecule has 0 radical (unpaired) electrons. The van der Waals surface area contributed by atoms with Crippen LogP contribution in [0, 0.1) is 0 Å². The summed E-state index contributed by atoms with van der Waals surface area (Å²) in [4.78, 5) is 11.5. The Kier molecular flexibility index (Phi) is 2.69. The van der Waals surface area contributed by atoms with Crippen molar-refractivity contribution in [2.75, 3.05) is 0 Å². The summed E-state index contributed by atoms with van der Waals surface area (Å²) < 4.78 is 24.9. The second kappa shape index (κ2) is 3.76. The molecule has 2 rings (SSSR count). The van der Waals surface area contributed by atoms with Crippen LogP contribution in [0.5, 0.6) is 0 Å². The maximum atomic E-state index is 11.7. The summed E-state index contributed by atoms with van der Waals surface area (Å²) in [6, 6.07) is 1.64. The number of aromatic nitrogens is 2. The summed E-state index contributed by atoms with van der Waals surface area (Å²) >= 11 is 0. The van der Waals surface area contributed by atoms with E-state index >= 15 is 0 Å². The van der Waals surface area contributed by atoms with Crippen molar-refractivity contribution in [3.05, 3.63) is 22.1 Å². The van der Waals surface area contributed by atoms with Gasteiger partial charge in [-0.25, -0.2) is 13.1 Å². The SMILES string of the molecule is CC(C)S(=O)(=O)Cc1cc(=O)n(C2CC2)[nH]1. The fraction of sp³-hybridized carbons (Fsp3) is 0.700. The molecule has 0 saturated heterocycles. The van der Waals surface area contributed by atoms with Gasteiger partial charge in [0.1, 0.15) is 0 Å². The fourth-order valence-electron chi connectivity index (χ4n) is 1.52. The van der Waals surface area contributed by atoms with Crippen LogP contribution in [0.25, 0.3) is 0 Å². The van der Waals surface area contributed by atoms with Crippen LogP contribution in [0.1, 0.15) is 38.4 Å². The molecule has 0 aliphatic heterocycles. The molecular formula is C10H16N2O3S. The summed E-state index contributed by atoms with van der Waals surface area (Å²) in [5.74, 6) is -0.0837. The Labute approximate surface area is 94.4 Å². The molecule has 1 N–H and O–H groups in total. The van der Waals surface area contributed by atoms with E-state index in [-0.39, 0.29) is 17.4 Å². The molecule has 90 valence electrons. The quantitative estimate of drug-likeness (QED) is 0.852. The number of rotatable bonds is 4. The maximum absolute atomic E-state index is 11.7. The Balaban J connectivity index is 2.23. The van der Waals surface area contributed by atoms with Crippen molar-refractivity contribution in [3.63, 3.8) is 0 Å². The normalized spacial score (nSPS) is 16.9. The van der Waals surface area contributed by atoms with Crippen molar-refractivity contribution in [1.82, 2.24) is 9.78 Å². The predicted octanol–water partition coefficient (Wildman–Crippen LogP) is 0.835. The number of hydrogen-bond donors (Lipinski definition) is 1. The highest BCUT2D eigenvalue weighted by atomic mass is 32.2. The van der Waals surface area contributed by atoms with Gasteiger partial charge < -0.3 is 0 Å². The van der Waals surface area contributed by atoms with Crippen LogP contribution in [-0.4, -0.2) is 23.4 Å². The summed E-state index contributed by atoms with van der Waals surface area (Å²) in [6.45, 7) is 3.29. The van der Waals surface area contributed by atoms with E-state index in [4.69, 9.17) is 0 Å². The lowest BCUT2D eigenvalue weighted by molar-refractivity contribution is 0.582. The number of nitrogens with zero attached hydrogens (tertiary/aromatic N) is 1. The lowest BCUT2D eigenvalue weighted by Crippen LogP contribution is -2.16. The third-order valence-electron chi connectivity index (χ3n) is 2.79. The van der Waals surface area contributed by atoms with Gasteiger partial charge in [-0.3, -0.25) is 9.89 Å². The Morgan fingerprint density at radius 2 is 2.12 bits per heavy atom. The van der Waals surface area contributed by atoms with Crippen molar-refractivity contribution >= 4 is 9.84 Å². The molecule has 6 heteroatoms. The van der Waals surface area contributed by atoms with Crippen molar-refractivity contribution in [2.45, 2.75) is 43.7 Å². The molecule has 1 aliphatic rings. The zero-order valence-corrected chi connectivity index (χ0v) is 10.3. The molecule has 1 aromatic heterocycles. The molecule has 0 bridgehead atoms. The molecule has 0 amide bonds. The van der Waals surface area contributed by atoms with Crippen molar-refractivity contribution in [2.24, 2.45) is 0 Å². The van der Waals surface area contributed by atoms with E-state index in [9.17, 15) is 13.2 Å². The van der Waals surface area contributed by atoms with E-state index < -0.39 is 15.1 Å². The molecule has 1 aromatic rings. The van der Waals surface area contributed by atoms with Gasteiger partial charge in [-0.2, -0.15) is 0 Å². The lowest BCUT2D eigenvalue weighted by Gasteiger charge is -2.05. The molecular weight excluding hydrogens is 228 g/mol. The van der Waals surface area contributed by atoms with Crippen LogP contribution >= 0.6 is 0 Å². The van der Waals surface area contributed by atoms with E-state index in [1.54, 1.807) is 13.8 Å². The zero-order chi connectivity index (χ0) is 11.9. The summed E-state index contributed by atoms with van der Waals surface area (Å²) in [6.07, 6.45) is 1.99. The highest BCUT2D eigenvalue weighted by Gasteiger charge is 2.27. The number of nitrogens with one attached hydrogen (secondary N) is 1. The van der Waals surface area contributed by atoms with Gasteiger partial charge >= 0.3 is 0 Å². The Morgan fingerprint density at radius 3 is 2.62 bits per heavy atom. The van der Waals surface area contributed by atoms with E-state index in [0.29, 0.717) is 5.69 Å². The van der Waals surface area contributed by atoms with Gasteiger partial charge in [-0.1, -0.05) is 0 Å². The van der Waals surface area contributed by atoms with E-state index in [2.05, 4.69) is 5.10 Å². The molecule has 1 saturated carbocycles. The minimum absolute atomic E-state index is 0.0837. The first-order chi connectivity index (χ1) is 7.40. The standard InChI is InChI=1S/C10H16N2O3S/c1-7(2)16(14,15)6-8-5-10(13)12(11-8)9-3-4-9/h5,7,9,11H,3-4,6H2,1-2H3. The third-order valence-corrected chi connectivity index (χ3v) is 4.94. The molecule has 1 fully saturated rings. The Bertz CT molecular complexity index is 535. The van der Waals surface area contributed by atoms with Gasteiger partial charge in [0.15, 0.2) is 9.84 Å². The average Bonchev–Trinajstić information content (AvgIpc) is 2.91. The van der Waals surface area contributed by atoms with E-state index in [1.807, 2.05) is 0 Å². The van der Waals surface area contributed by atoms with E-state index in [1.165, 1.54) is 10.7 Å². The van der Waals surface area contributed by atoms with Crippen molar-refractivity contribution < 1.29 is 8.42 Å². The number of aromatic amines is 1. The van der Waals surface area contributed by atoms with Crippen molar-refractivity contribution in [3.8, 4) is 0 Å². The van der Waals surface area contributed by atoms with Gasteiger partial charge in [0, 0.05) is 6.07 Å². The molecule has 1 aliphatic carbocycles. The first kappa shape index (κ1) is 11.4. The maximum Gasteiger partial charge on any atom is 0.267 e. The molecule has 0 atom stereocenters. The summed E-state index contributed by atoms with van der Waals surface area (Å²) in [5.41, 5.74) is 0.363. The molecule has 0 unspecified atom stereocenters. The van der Waals surface area contributed by atoms with Crippen LogP contribution in [0.4, 0.5) is 0 Å². The molecule has 1 heterocycles. The van der Waals surface area contributed by atoms with Crippen LogP contribution < -0.4 is 5.56 Å². The van der Waals surface area contributed by atoms with Crippen LogP contribution in [0.3, 0.4) is 0 Å². The Morgan fingerprint density at radius 1 is 1.50 bits per heavy atom. The Hall–Kier alpha value is -1.04. The van der Waals surface area contributed by atoms with Gasteiger partial charge in [0.05, 0.1) is 22.7 Å². The van der Waals surface area contributed by atoms with Crippen molar-refractivity contribution in [1.29, 1.82) is 0 Å². The lowest BCUT2D eigenvalue weighted by atomic mass is 10.5. The summed E-state index contributed by atoms with van der Waals surface area (Å²) in [5, 5.41) is 2.46. The third kappa shape index (κ3) is 2.21. The smallest absolute Gasteiger partial charge is 0.267 e. The zero-order valence-electron chi connectivity index (χ0n) is 9.43. The highest BCUT2D eigenvalue weighted by Crippen LogP contribution is 2.32. The highest BCUT2D eigenvalue weighted by molar-refractivity contribution is 7.91. The van der Waals surface area contributed by atoms with Gasteiger partial charge in [0.2, 0.25) is 0 Å². The van der Waals surface area contributed by atoms with Crippen LogP contribution in [-0.2, 0) is 15.6 Å². The minimum Gasteiger partial charge on any atom is -0.298 e. The molecule has 5 nitrogen and oxygen atoms in total. The number of sulfone groups is 1. The van der Waals surface area contributed by atoms with Gasteiger partial charge in [-0.05, 0) is 26.7 Å². The average molecular weight is 244 g/mol. The monoisotopic (exact) mass is 244 g/mol.